The number of nitrogens with one attached hydrogen (secondary N) is 1. The molecule has 0 atom stereocenters. The maximum atomic E-state index is 13.7. The lowest BCUT2D eigenvalue weighted by Crippen LogP contribution is -2.03. The van der Waals surface area contributed by atoms with Gasteiger partial charge < -0.3 is 10.1 Å². The van der Waals surface area contributed by atoms with E-state index < -0.39 is 5.82 Å². The summed E-state index contributed by atoms with van der Waals surface area (Å²) in [6.07, 6.45) is 3.92. The largest absolute Gasteiger partial charge is 0.434 e. The molecule has 0 spiro atoms. The minimum atomic E-state index is -0.613. The summed E-state index contributed by atoms with van der Waals surface area (Å²) in [5.41, 5.74) is 0.235. The van der Waals surface area contributed by atoms with Crippen LogP contribution in [0.1, 0.15) is 18.9 Å². The maximum absolute atomic E-state index is 13.7. The number of aromatic nitrogens is 2. The predicted octanol–water partition coefficient (Wildman–Crippen LogP) is 3.10. The van der Waals surface area contributed by atoms with E-state index in [-0.39, 0.29) is 17.2 Å². The number of benzene rings is 1. The molecule has 102 valence electrons. The quantitative estimate of drug-likeness (QED) is 0.905. The summed E-state index contributed by atoms with van der Waals surface area (Å²) >= 11 is 0. The highest BCUT2D eigenvalue weighted by Crippen LogP contribution is 2.23. The van der Waals surface area contributed by atoms with E-state index in [0.717, 1.165) is 19.0 Å². The van der Waals surface area contributed by atoms with Crippen molar-refractivity contribution in [3.8, 4) is 17.7 Å². The fraction of sp³-hybridized carbons (Fsp3) is 0.214. The normalized spacial score (nSPS) is 9.85. The fourth-order valence-electron chi connectivity index (χ4n) is 1.50. The van der Waals surface area contributed by atoms with Gasteiger partial charge in [-0.3, -0.25) is 4.98 Å². The Kier molecular flexibility index (Phi) is 4.45. The minimum Gasteiger partial charge on any atom is -0.434 e. The van der Waals surface area contributed by atoms with Crippen LogP contribution in [0, 0.1) is 17.1 Å². The molecule has 0 saturated carbocycles. The number of hydrogen-bond donors (Lipinski definition) is 1. The molecule has 0 saturated heterocycles. The summed E-state index contributed by atoms with van der Waals surface area (Å²) < 4.78 is 19.0. The van der Waals surface area contributed by atoms with E-state index in [1.54, 1.807) is 6.20 Å². The van der Waals surface area contributed by atoms with Gasteiger partial charge in [0.15, 0.2) is 11.6 Å². The minimum absolute atomic E-state index is 0.00550. The Hall–Kier alpha value is -2.68. The molecule has 0 amide bonds. The Bertz CT molecular complexity index is 639. The Balaban J connectivity index is 2.15. The number of hydrogen-bond acceptors (Lipinski definition) is 5. The molecule has 6 heteroatoms. The van der Waals surface area contributed by atoms with E-state index in [1.165, 1.54) is 18.3 Å². The van der Waals surface area contributed by atoms with Crippen molar-refractivity contribution in [2.24, 2.45) is 0 Å². The fourth-order valence-corrected chi connectivity index (χ4v) is 1.50. The van der Waals surface area contributed by atoms with Crippen molar-refractivity contribution in [2.45, 2.75) is 13.3 Å². The molecule has 1 aromatic carbocycles. The molecule has 0 unspecified atom stereocenters. The van der Waals surface area contributed by atoms with Crippen LogP contribution in [0.2, 0.25) is 0 Å². The first-order chi connectivity index (χ1) is 9.72. The van der Waals surface area contributed by atoms with Gasteiger partial charge in [-0.1, -0.05) is 6.92 Å². The first kappa shape index (κ1) is 13.7. The smallest absolute Gasteiger partial charge is 0.239 e. The molecule has 0 aliphatic rings. The lowest BCUT2D eigenvalue weighted by atomic mass is 10.2. The summed E-state index contributed by atoms with van der Waals surface area (Å²) in [5.74, 6) is 0.150. The molecule has 1 N–H and O–H groups in total. The number of halogens is 1. The molecule has 0 aliphatic heterocycles. The molecular formula is C14H13FN4O. The van der Waals surface area contributed by atoms with Gasteiger partial charge in [0, 0.05) is 6.54 Å². The van der Waals surface area contributed by atoms with Gasteiger partial charge in [-0.15, -0.1) is 0 Å². The molecule has 1 aromatic heterocycles. The molecule has 0 aliphatic carbocycles. The van der Waals surface area contributed by atoms with Crippen LogP contribution >= 0.6 is 0 Å². The van der Waals surface area contributed by atoms with Gasteiger partial charge in [0.05, 0.1) is 24.0 Å². The van der Waals surface area contributed by atoms with Crippen molar-refractivity contribution >= 4 is 5.82 Å². The number of anilines is 1. The van der Waals surface area contributed by atoms with E-state index in [4.69, 9.17) is 10.00 Å². The highest BCUT2D eigenvalue weighted by Gasteiger charge is 2.07. The van der Waals surface area contributed by atoms with Gasteiger partial charge in [-0.05, 0) is 24.6 Å². The molecule has 0 fully saturated rings. The summed E-state index contributed by atoms with van der Waals surface area (Å²) in [4.78, 5) is 8.13. The SMILES string of the molecule is CCCNc1cncc(Oc2ccc(C#N)cc2F)n1. The predicted molar refractivity (Wildman–Crippen MR) is 72.0 cm³/mol. The Morgan fingerprint density at radius 2 is 2.25 bits per heavy atom. The zero-order valence-electron chi connectivity index (χ0n) is 10.9. The molecule has 1 heterocycles. The monoisotopic (exact) mass is 272 g/mol. The summed E-state index contributed by atoms with van der Waals surface area (Å²) in [7, 11) is 0. The first-order valence-corrected chi connectivity index (χ1v) is 6.16. The molecule has 20 heavy (non-hydrogen) atoms. The number of ether oxygens (including phenoxy) is 1. The van der Waals surface area contributed by atoms with Crippen LogP contribution in [0.25, 0.3) is 0 Å². The van der Waals surface area contributed by atoms with Crippen molar-refractivity contribution in [2.75, 3.05) is 11.9 Å². The summed E-state index contributed by atoms with van der Waals surface area (Å²) in [6, 6.07) is 5.84. The topological polar surface area (TPSA) is 70.8 Å². The van der Waals surface area contributed by atoms with Crippen molar-refractivity contribution in [3.63, 3.8) is 0 Å². The average molecular weight is 272 g/mol. The van der Waals surface area contributed by atoms with Crippen molar-refractivity contribution in [3.05, 3.63) is 42.0 Å². The Morgan fingerprint density at radius 3 is 2.95 bits per heavy atom. The second-order valence-corrected chi connectivity index (χ2v) is 4.03. The highest BCUT2D eigenvalue weighted by atomic mass is 19.1. The van der Waals surface area contributed by atoms with Gasteiger partial charge in [-0.25, -0.2) is 4.39 Å². The van der Waals surface area contributed by atoms with Gasteiger partial charge >= 0.3 is 0 Å². The van der Waals surface area contributed by atoms with Crippen LogP contribution in [0.15, 0.2) is 30.6 Å². The summed E-state index contributed by atoms with van der Waals surface area (Å²) in [5, 5.41) is 11.7. The third-order valence-corrected chi connectivity index (χ3v) is 2.44. The number of nitrogens with zero attached hydrogens (tertiary/aromatic N) is 3. The second kappa shape index (κ2) is 6.48. The molecule has 0 radical (unpaired) electrons. The van der Waals surface area contributed by atoms with Gasteiger partial charge in [0.1, 0.15) is 5.82 Å². The van der Waals surface area contributed by atoms with Crippen LogP contribution in [0.5, 0.6) is 11.6 Å². The van der Waals surface area contributed by atoms with E-state index in [1.807, 2.05) is 13.0 Å². The van der Waals surface area contributed by atoms with Crippen molar-refractivity contribution < 1.29 is 9.13 Å². The maximum Gasteiger partial charge on any atom is 0.239 e. The molecule has 5 nitrogen and oxygen atoms in total. The van der Waals surface area contributed by atoms with Crippen LogP contribution in [0.3, 0.4) is 0 Å². The average Bonchev–Trinajstić information content (AvgIpc) is 2.47. The van der Waals surface area contributed by atoms with E-state index in [2.05, 4.69) is 15.3 Å². The van der Waals surface area contributed by atoms with Crippen molar-refractivity contribution in [1.29, 1.82) is 5.26 Å². The molecule has 0 bridgehead atoms. The zero-order chi connectivity index (χ0) is 14.4. The van der Waals surface area contributed by atoms with Gasteiger partial charge in [0.2, 0.25) is 5.88 Å². The first-order valence-electron chi connectivity index (χ1n) is 6.16. The lowest BCUT2D eigenvalue weighted by Gasteiger charge is -2.08. The van der Waals surface area contributed by atoms with Crippen molar-refractivity contribution in [1.82, 2.24) is 9.97 Å². The molecule has 2 rings (SSSR count). The van der Waals surface area contributed by atoms with E-state index in [0.29, 0.717) is 5.82 Å². The molecular weight excluding hydrogens is 259 g/mol. The van der Waals surface area contributed by atoms with Crippen LogP contribution in [-0.2, 0) is 0 Å². The lowest BCUT2D eigenvalue weighted by molar-refractivity contribution is 0.426. The van der Waals surface area contributed by atoms with Crippen LogP contribution in [-0.4, -0.2) is 16.5 Å². The third-order valence-electron chi connectivity index (χ3n) is 2.44. The van der Waals surface area contributed by atoms with E-state index in [9.17, 15) is 4.39 Å². The van der Waals surface area contributed by atoms with E-state index >= 15 is 0 Å². The Labute approximate surface area is 116 Å². The summed E-state index contributed by atoms with van der Waals surface area (Å²) in [6.45, 7) is 2.80. The van der Waals surface area contributed by atoms with Crippen LogP contribution < -0.4 is 10.1 Å². The molecule has 2 aromatic rings. The highest BCUT2D eigenvalue weighted by molar-refractivity contribution is 5.39. The Morgan fingerprint density at radius 1 is 1.40 bits per heavy atom. The third kappa shape index (κ3) is 3.42. The van der Waals surface area contributed by atoms with Gasteiger partial charge in [0.25, 0.3) is 0 Å². The number of rotatable bonds is 5. The standard InChI is InChI=1S/C14H13FN4O/c1-2-5-18-13-8-17-9-14(19-13)20-12-4-3-10(7-16)6-11(12)15/h3-4,6,8-9H,2,5H2,1H3,(H,18,19). The van der Waals surface area contributed by atoms with Gasteiger partial charge in [-0.2, -0.15) is 10.2 Å². The zero-order valence-corrected chi connectivity index (χ0v) is 10.9. The van der Waals surface area contributed by atoms with Crippen LogP contribution in [0.4, 0.5) is 10.2 Å². The second-order valence-electron chi connectivity index (χ2n) is 4.03. The number of nitriles is 1.